The van der Waals surface area contributed by atoms with Crippen molar-refractivity contribution in [2.24, 2.45) is 0 Å². The van der Waals surface area contributed by atoms with Crippen LogP contribution in [0.4, 0.5) is 5.82 Å². The predicted molar refractivity (Wildman–Crippen MR) is 136 cm³/mol. The second kappa shape index (κ2) is 9.29. The second-order valence-electron chi connectivity index (χ2n) is 8.36. The zero-order valence-corrected chi connectivity index (χ0v) is 20.4. The van der Waals surface area contributed by atoms with Gasteiger partial charge in [-0.3, -0.25) is 4.79 Å². The maximum Gasteiger partial charge on any atom is 0.261 e. The fourth-order valence-electron chi connectivity index (χ4n) is 4.53. The van der Waals surface area contributed by atoms with Crippen LogP contribution in [0.15, 0.2) is 30.7 Å². The summed E-state index contributed by atoms with van der Waals surface area (Å²) in [5, 5.41) is 5.90. The van der Waals surface area contributed by atoms with Crippen molar-refractivity contribution in [2.45, 2.75) is 20.3 Å². The minimum absolute atomic E-state index is 0.0601. The van der Waals surface area contributed by atoms with Crippen molar-refractivity contribution in [1.82, 2.24) is 25.2 Å². The molecule has 0 unspecified atom stereocenters. The van der Waals surface area contributed by atoms with Gasteiger partial charge in [-0.2, -0.15) is 0 Å². The van der Waals surface area contributed by atoms with E-state index >= 15 is 0 Å². The first-order chi connectivity index (χ1) is 16.0. The number of aromatic nitrogens is 3. The number of nitrogens with zero attached hydrogens (tertiary/aromatic N) is 4. The Balaban J connectivity index is 1.31. The van der Waals surface area contributed by atoms with Crippen LogP contribution in [-0.4, -0.2) is 65.0 Å². The van der Waals surface area contributed by atoms with Crippen LogP contribution in [0, 0.1) is 6.92 Å². The van der Waals surface area contributed by atoms with E-state index in [4.69, 9.17) is 11.6 Å². The molecule has 5 rings (SSSR count). The van der Waals surface area contributed by atoms with Gasteiger partial charge in [-0.05, 0) is 49.2 Å². The summed E-state index contributed by atoms with van der Waals surface area (Å²) in [5.74, 6) is 0.884. The van der Waals surface area contributed by atoms with Crippen molar-refractivity contribution >= 4 is 55.8 Å². The van der Waals surface area contributed by atoms with Crippen LogP contribution in [0.3, 0.4) is 0 Å². The Morgan fingerprint density at radius 2 is 2.06 bits per heavy atom. The van der Waals surface area contributed by atoms with Crippen LogP contribution < -0.4 is 10.2 Å². The van der Waals surface area contributed by atoms with Crippen molar-refractivity contribution in [3.05, 3.63) is 51.7 Å². The highest BCUT2D eigenvalue weighted by atomic mass is 35.5. The molecule has 1 saturated heterocycles. The van der Waals surface area contributed by atoms with Crippen molar-refractivity contribution in [2.75, 3.05) is 44.2 Å². The third-order valence-electron chi connectivity index (χ3n) is 6.44. The minimum Gasteiger partial charge on any atom is -0.361 e. The SMILES string of the molecule is CCN1CCN(c2ncnc3sc(C(=O)NCCc4c[nH]c5ccc(Cl)cc45)c(C)c23)CC1. The number of nitrogens with one attached hydrogen (secondary N) is 2. The molecule has 9 heteroatoms. The van der Waals surface area contributed by atoms with Gasteiger partial charge in [0, 0.05) is 54.8 Å². The van der Waals surface area contributed by atoms with Crippen molar-refractivity contribution in [1.29, 1.82) is 0 Å². The summed E-state index contributed by atoms with van der Waals surface area (Å²) in [6.07, 6.45) is 4.32. The van der Waals surface area contributed by atoms with Gasteiger partial charge in [-0.25, -0.2) is 9.97 Å². The first-order valence-electron chi connectivity index (χ1n) is 11.3. The number of halogens is 1. The quantitative estimate of drug-likeness (QED) is 0.429. The number of thiophene rings is 1. The van der Waals surface area contributed by atoms with Gasteiger partial charge in [0.15, 0.2) is 0 Å². The number of aryl methyl sites for hydroxylation is 1. The Kier molecular flexibility index (Phi) is 6.23. The summed E-state index contributed by atoms with van der Waals surface area (Å²) in [7, 11) is 0. The molecule has 1 aromatic carbocycles. The van der Waals surface area contributed by atoms with Crippen molar-refractivity contribution in [3.63, 3.8) is 0 Å². The molecule has 3 aromatic heterocycles. The maximum absolute atomic E-state index is 13.1. The summed E-state index contributed by atoms with van der Waals surface area (Å²) < 4.78 is 0. The van der Waals surface area contributed by atoms with Crippen molar-refractivity contribution in [3.8, 4) is 0 Å². The summed E-state index contributed by atoms with van der Waals surface area (Å²) in [5.41, 5.74) is 3.15. The van der Waals surface area contributed by atoms with Gasteiger partial charge in [0.05, 0.1) is 10.3 Å². The van der Waals surface area contributed by atoms with E-state index in [1.54, 1.807) is 6.33 Å². The highest BCUT2D eigenvalue weighted by Crippen LogP contribution is 2.35. The molecule has 0 saturated carbocycles. The number of hydrogen-bond acceptors (Lipinski definition) is 6. The average Bonchev–Trinajstić information content (AvgIpc) is 3.39. The lowest BCUT2D eigenvalue weighted by Gasteiger charge is -2.35. The number of rotatable bonds is 6. The standard InChI is InChI=1S/C24H27ClN6OS/c1-3-30-8-10-31(11-9-30)22-20-15(2)21(33-24(20)29-14-28-22)23(32)26-7-6-16-13-27-19-5-4-17(25)12-18(16)19/h4-5,12-14,27H,3,6-11H2,1-2H3,(H,26,32). The topological polar surface area (TPSA) is 77.2 Å². The molecule has 4 heterocycles. The lowest BCUT2D eigenvalue weighted by atomic mass is 10.1. The van der Waals surface area contributed by atoms with Crippen LogP contribution in [0.2, 0.25) is 5.02 Å². The third-order valence-corrected chi connectivity index (χ3v) is 7.88. The largest absolute Gasteiger partial charge is 0.361 e. The second-order valence-corrected chi connectivity index (χ2v) is 9.80. The van der Waals surface area contributed by atoms with Crippen molar-refractivity contribution < 1.29 is 4.79 Å². The maximum atomic E-state index is 13.1. The van der Waals surface area contributed by atoms with Gasteiger partial charge >= 0.3 is 0 Å². The molecule has 172 valence electrons. The molecule has 0 radical (unpaired) electrons. The summed E-state index contributed by atoms with van der Waals surface area (Å²) >= 11 is 7.60. The fourth-order valence-corrected chi connectivity index (χ4v) is 5.77. The number of aromatic amines is 1. The average molecular weight is 483 g/mol. The van der Waals surface area contributed by atoms with E-state index in [0.29, 0.717) is 16.4 Å². The van der Waals surface area contributed by atoms with Crippen LogP contribution in [0.1, 0.15) is 27.7 Å². The lowest BCUT2D eigenvalue weighted by molar-refractivity contribution is 0.0957. The molecular weight excluding hydrogens is 456 g/mol. The predicted octanol–water partition coefficient (Wildman–Crippen LogP) is 4.25. The molecule has 7 nitrogen and oxygen atoms in total. The van der Waals surface area contributed by atoms with Gasteiger partial charge in [-0.15, -0.1) is 11.3 Å². The highest BCUT2D eigenvalue weighted by Gasteiger charge is 2.24. The Morgan fingerprint density at radius 1 is 1.24 bits per heavy atom. The van der Waals surface area contributed by atoms with Crippen LogP contribution >= 0.6 is 22.9 Å². The number of carbonyl (C=O) groups excluding carboxylic acids is 1. The van der Waals surface area contributed by atoms with E-state index < -0.39 is 0 Å². The van der Waals surface area contributed by atoms with Gasteiger partial charge in [0.25, 0.3) is 5.91 Å². The Hall–Kier alpha value is -2.68. The van der Waals surface area contributed by atoms with Gasteiger partial charge in [0.2, 0.25) is 0 Å². The molecule has 0 atom stereocenters. The summed E-state index contributed by atoms with van der Waals surface area (Å²) in [4.78, 5) is 31.7. The molecule has 1 aliphatic rings. The van der Waals surface area contributed by atoms with Crippen LogP contribution in [0.5, 0.6) is 0 Å². The molecule has 33 heavy (non-hydrogen) atoms. The Morgan fingerprint density at radius 3 is 2.85 bits per heavy atom. The van der Waals surface area contributed by atoms with E-state index in [-0.39, 0.29) is 5.91 Å². The lowest BCUT2D eigenvalue weighted by Crippen LogP contribution is -2.46. The molecule has 0 bridgehead atoms. The van der Waals surface area contributed by atoms with Crippen LogP contribution in [-0.2, 0) is 6.42 Å². The van der Waals surface area contributed by atoms with Gasteiger partial charge < -0.3 is 20.1 Å². The molecule has 0 spiro atoms. The normalized spacial score (nSPS) is 14.9. The molecule has 2 N–H and O–H groups in total. The van der Waals surface area contributed by atoms with E-state index in [0.717, 1.165) is 77.2 Å². The molecular formula is C24H27ClN6OS. The minimum atomic E-state index is -0.0601. The number of benzene rings is 1. The van der Waals surface area contributed by atoms with Crippen LogP contribution in [0.25, 0.3) is 21.1 Å². The molecule has 1 amide bonds. The highest BCUT2D eigenvalue weighted by molar-refractivity contribution is 7.20. The van der Waals surface area contributed by atoms with E-state index in [2.05, 4.69) is 37.0 Å². The van der Waals surface area contributed by atoms with E-state index in [1.165, 1.54) is 11.3 Å². The fraction of sp³-hybridized carbons (Fsp3) is 0.375. The van der Waals surface area contributed by atoms with E-state index in [1.807, 2.05) is 31.3 Å². The monoisotopic (exact) mass is 482 g/mol. The number of anilines is 1. The summed E-state index contributed by atoms with van der Waals surface area (Å²) in [6.45, 7) is 9.74. The number of fused-ring (bicyclic) bond motifs is 2. The smallest absolute Gasteiger partial charge is 0.261 e. The number of amides is 1. The first-order valence-corrected chi connectivity index (χ1v) is 12.5. The zero-order valence-electron chi connectivity index (χ0n) is 18.8. The molecule has 0 aliphatic carbocycles. The number of piperazine rings is 1. The zero-order chi connectivity index (χ0) is 22.9. The molecule has 1 aliphatic heterocycles. The van der Waals surface area contributed by atoms with Gasteiger partial charge in [-0.1, -0.05) is 18.5 Å². The number of likely N-dealkylation sites (N-methyl/N-ethyl adjacent to an activating group) is 1. The number of hydrogen-bond donors (Lipinski definition) is 2. The summed E-state index contributed by atoms with van der Waals surface area (Å²) in [6, 6.07) is 5.80. The van der Waals surface area contributed by atoms with Gasteiger partial charge in [0.1, 0.15) is 17.0 Å². The molecule has 1 fully saturated rings. The first kappa shape index (κ1) is 22.1. The van der Waals surface area contributed by atoms with E-state index in [9.17, 15) is 4.79 Å². The Labute approximate surface area is 201 Å². The number of carbonyl (C=O) groups is 1. The third kappa shape index (κ3) is 4.30. The Bertz CT molecular complexity index is 1310. The molecule has 4 aromatic rings. The number of H-pyrrole nitrogens is 1.